The van der Waals surface area contributed by atoms with Gasteiger partial charge in [0.2, 0.25) is 0 Å². The van der Waals surface area contributed by atoms with Gasteiger partial charge in [-0.05, 0) is 84.1 Å². The SMILES string of the molecule is CCCCc1ncc(CSc2ccc(C(=O)O)cc2)n1Cc1ccc(C(=O)O)cc1.COC(=O)c1ccc(S)cc1.O=C(O)C(S)Cc1cccs1. The topological polar surface area (TPSA) is 156 Å². The Bertz CT molecular complexity index is 1880. The quantitative estimate of drug-likeness (QED) is 0.0422. The number of aromatic nitrogens is 2. The lowest BCUT2D eigenvalue weighted by Gasteiger charge is -2.13. The highest BCUT2D eigenvalue weighted by atomic mass is 32.2. The molecule has 3 aromatic carbocycles. The Hall–Kier alpha value is -4.50. The molecule has 0 saturated heterocycles. The largest absolute Gasteiger partial charge is 0.480 e. The third-order valence-electron chi connectivity index (χ3n) is 7.35. The number of unbranched alkanes of at least 4 members (excludes halogenated alkanes) is 1. The van der Waals surface area contributed by atoms with Gasteiger partial charge >= 0.3 is 23.9 Å². The molecule has 274 valence electrons. The number of carbonyl (C=O) groups is 4. The molecule has 3 N–H and O–H groups in total. The second-order valence-electron chi connectivity index (χ2n) is 11.2. The number of esters is 1. The van der Waals surface area contributed by atoms with Crippen LogP contribution in [0.5, 0.6) is 0 Å². The molecule has 0 aliphatic carbocycles. The Morgan fingerprint density at radius 2 is 1.48 bits per heavy atom. The van der Waals surface area contributed by atoms with Crippen molar-refractivity contribution >= 4 is 72.2 Å². The summed E-state index contributed by atoms with van der Waals surface area (Å²) in [5, 5.41) is 28.0. The number of carboxylic acid groups (broad SMARTS) is 3. The first-order chi connectivity index (χ1) is 24.9. The van der Waals surface area contributed by atoms with Crippen LogP contribution in [-0.4, -0.2) is 61.1 Å². The summed E-state index contributed by atoms with van der Waals surface area (Å²) in [6.45, 7) is 2.78. The molecule has 0 fully saturated rings. The van der Waals surface area contributed by atoms with Gasteiger partial charge in [0.15, 0.2) is 0 Å². The minimum atomic E-state index is -0.932. The van der Waals surface area contributed by atoms with Crippen molar-refractivity contribution in [1.29, 1.82) is 0 Å². The molecule has 10 nitrogen and oxygen atoms in total. The van der Waals surface area contributed by atoms with Gasteiger partial charge in [-0.1, -0.05) is 31.5 Å². The van der Waals surface area contributed by atoms with Gasteiger partial charge in [0.25, 0.3) is 0 Å². The van der Waals surface area contributed by atoms with E-state index in [9.17, 15) is 19.2 Å². The molecule has 0 spiro atoms. The number of thiophene rings is 1. The van der Waals surface area contributed by atoms with E-state index in [0.717, 1.165) is 51.0 Å². The van der Waals surface area contributed by atoms with E-state index in [4.69, 9.17) is 15.3 Å². The average Bonchev–Trinajstić information content (AvgIpc) is 3.80. The van der Waals surface area contributed by atoms with E-state index < -0.39 is 23.2 Å². The molecule has 14 heteroatoms. The summed E-state index contributed by atoms with van der Waals surface area (Å²) in [6, 6.07) is 24.4. The third kappa shape index (κ3) is 13.9. The number of ether oxygens (including phenoxy) is 1. The van der Waals surface area contributed by atoms with Gasteiger partial charge in [-0.2, -0.15) is 12.6 Å². The number of benzene rings is 3. The summed E-state index contributed by atoms with van der Waals surface area (Å²) in [7, 11) is 1.36. The Morgan fingerprint density at radius 3 is 2.00 bits per heavy atom. The van der Waals surface area contributed by atoms with E-state index in [1.165, 1.54) is 7.11 Å². The first-order valence-electron chi connectivity index (χ1n) is 16.0. The van der Waals surface area contributed by atoms with Crippen molar-refractivity contribution in [1.82, 2.24) is 9.55 Å². The molecule has 52 heavy (non-hydrogen) atoms. The van der Waals surface area contributed by atoms with Crippen molar-refractivity contribution in [2.45, 2.75) is 59.9 Å². The van der Waals surface area contributed by atoms with Gasteiger partial charge < -0.3 is 24.6 Å². The first kappa shape index (κ1) is 41.9. The predicted molar refractivity (Wildman–Crippen MR) is 210 cm³/mol. The molecule has 0 aliphatic heterocycles. The number of aryl methyl sites for hydroxylation is 1. The number of nitrogens with zero attached hydrogens (tertiary/aromatic N) is 2. The second kappa shape index (κ2) is 21.8. The highest BCUT2D eigenvalue weighted by Crippen LogP contribution is 2.25. The lowest BCUT2D eigenvalue weighted by Crippen LogP contribution is -2.15. The van der Waals surface area contributed by atoms with Gasteiger partial charge in [-0.3, -0.25) is 4.79 Å². The standard InChI is InChI=1S/C23H24N2O4S.C8H8O2S.C7H8O2S2/c1-2-3-4-21-24-13-19(15-30-20-11-9-18(10-12-20)23(28)29)25(21)14-16-5-7-17(8-6-16)22(26)27;1-10-8(9)6-2-4-7(11)5-3-6;8-7(9)6(10)4-5-2-1-3-11-5/h5-13H,2-4,14-15H2,1H3,(H,26,27)(H,28,29);2-5,11H,1H3;1-3,6,10H,4H2,(H,8,9). The van der Waals surface area contributed by atoms with Crippen molar-refractivity contribution in [3.05, 3.63) is 135 Å². The van der Waals surface area contributed by atoms with Crippen molar-refractivity contribution in [2.75, 3.05) is 7.11 Å². The summed E-state index contributed by atoms with van der Waals surface area (Å²) in [5.74, 6) is -1.31. The van der Waals surface area contributed by atoms with Crippen LogP contribution in [-0.2, 0) is 34.7 Å². The van der Waals surface area contributed by atoms with E-state index in [2.05, 4.69) is 46.5 Å². The number of methoxy groups -OCH3 is 1. The minimum Gasteiger partial charge on any atom is -0.480 e. The number of rotatable bonds is 14. The maximum absolute atomic E-state index is 11.1. The maximum Gasteiger partial charge on any atom is 0.337 e. The van der Waals surface area contributed by atoms with Crippen molar-refractivity contribution in [2.24, 2.45) is 0 Å². The highest BCUT2D eigenvalue weighted by Gasteiger charge is 2.13. The first-order valence-corrected chi connectivity index (χ1v) is 18.9. The van der Waals surface area contributed by atoms with Crippen LogP contribution in [0.4, 0.5) is 0 Å². The molecular formula is C38H40N2O8S4. The van der Waals surface area contributed by atoms with E-state index in [1.54, 1.807) is 71.6 Å². The fourth-order valence-corrected chi connectivity index (χ4v) is 6.60. The van der Waals surface area contributed by atoms with E-state index in [0.29, 0.717) is 24.3 Å². The smallest absolute Gasteiger partial charge is 0.337 e. The summed E-state index contributed by atoms with van der Waals surface area (Å²) in [6.07, 6.45) is 5.44. The van der Waals surface area contributed by atoms with Crippen LogP contribution in [0.1, 0.15) is 72.8 Å². The summed E-state index contributed by atoms with van der Waals surface area (Å²) in [4.78, 5) is 50.8. The monoisotopic (exact) mass is 780 g/mol. The van der Waals surface area contributed by atoms with Gasteiger partial charge in [-0.25, -0.2) is 19.4 Å². The third-order valence-corrected chi connectivity index (χ3v) is 10.00. The molecule has 0 saturated carbocycles. The summed E-state index contributed by atoms with van der Waals surface area (Å²) in [5.41, 5.74) is 3.20. The van der Waals surface area contributed by atoms with Gasteiger partial charge in [-0.15, -0.1) is 35.7 Å². The molecule has 0 radical (unpaired) electrons. The van der Waals surface area contributed by atoms with Crippen molar-refractivity contribution in [3.8, 4) is 0 Å². The summed E-state index contributed by atoms with van der Waals surface area (Å²) < 4.78 is 6.71. The Kier molecular flexibility index (Phi) is 17.5. The van der Waals surface area contributed by atoms with Crippen LogP contribution in [0.15, 0.2) is 106 Å². The Balaban J connectivity index is 0.000000269. The molecule has 0 bridgehead atoms. The molecule has 5 rings (SSSR count). The normalized spacial score (nSPS) is 10.9. The predicted octanol–water partition coefficient (Wildman–Crippen LogP) is 8.40. The maximum atomic E-state index is 11.1. The summed E-state index contributed by atoms with van der Waals surface area (Å²) >= 11 is 11.2. The van der Waals surface area contributed by atoms with Crippen LogP contribution in [0.3, 0.4) is 0 Å². The molecule has 2 aromatic heterocycles. The van der Waals surface area contributed by atoms with E-state index in [-0.39, 0.29) is 17.1 Å². The van der Waals surface area contributed by atoms with Crippen LogP contribution in [0.2, 0.25) is 0 Å². The molecule has 1 atom stereocenters. The number of aromatic carboxylic acids is 2. The Morgan fingerprint density at radius 1 is 0.885 bits per heavy atom. The van der Waals surface area contributed by atoms with E-state index >= 15 is 0 Å². The molecule has 0 aliphatic rings. The number of hydrogen-bond acceptors (Lipinski definition) is 10. The van der Waals surface area contributed by atoms with Crippen LogP contribution in [0.25, 0.3) is 0 Å². The second-order valence-corrected chi connectivity index (χ2v) is 14.4. The van der Waals surface area contributed by atoms with Crippen LogP contribution in [0, 0.1) is 0 Å². The highest BCUT2D eigenvalue weighted by molar-refractivity contribution is 7.98. The number of thiol groups is 2. The molecule has 2 heterocycles. The lowest BCUT2D eigenvalue weighted by molar-refractivity contribution is -0.136. The van der Waals surface area contributed by atoms with Crippen LogP contribution >= 0.6 is 48.4 Å². The molecular weight excluding hydrogens is 741 g/mol. The van der Waals surface area contributed by atoms with Gasteiger partial charge in [0.1, 0.15) is 11.1 Å². The molecule has 5 aromatic rings. The van der Waals surface area contributed by atoms with Gasteiger partial charge in [0.05, 0.1) is 23.8 Å². The number of carboxylic acids is 3. The lowest BCUT2D eigenvalue weighted by atomic mass is 10.1. The van der Waals surface area contributed by atoms with E-state index in [1.807, 2.05) is 48.0 Å². The van der Waals surface area contributed by atoms with Gasteiger partial charge in [0, 0.05) is 51.7 Å². The molecule has 1 unspecified atom stereocenters. The van der Waals surface area contributed by atoms with Crippen molar-refractivity contribution < 1.29 is 39.2 Å². The average molecular weight is 781 g/mol. The minimum absolute atomic E-state index is 0.274. The fourth-order valence-electron chi connectivity index (χ4n) is 4.50. The zero-order valence-electron chi connectivity index (χ0n) is 28.5. The fraction of sp³-hybridized carbons (Fsp3) is 0.237. The number of imidazole rings is 1. The Labute approximate surface area is 321 Å². The number of carbonyl (C=O) groups excluding carboxylic acids is 1. The number of thioether (sulfide) groups is 1. The number of aliphatic carboxylic acids is 1. The zero-order valence-corrected chi connectivity index (χ0v) is 32.0. The zero-order chi connectivity index (χ0) is 38.0. The molecule has 0 amide bonds. The number of hydrogen-bond donors (Lipinski definition) is 5. The van der Waals surface area contributed by atoms with Crippen LogP contribution < -0.4 is 0 Å². The van der Waals surface area contributed by atoms with Crippen molar-refractivity contribution in [3.63, 3.8) is 0 Å².